The Balaban J connectivity index is 2.15. The van der Waals surface area contributed by atoms with Crippen molar-refractivity contribution in [1.82, 2.24) is 15.1 Å². The van der Waals surface area contributed by atoms with Crippen molar-refractivity contribution in [3.05, 3.63) is 52.3 Å². The van der Waals surface area contributed by atoms with Gasteiger partial charge in [0.15, 0.2) is 0 Å². The molecule has 0 fully saturated rings. The fourth-order valence-electron chi connectivity index (χ4n) is 2.22. The molecule has 0 radical (unpaired) electrons. The lowest BCUT2D eigenvalue weighted by molar-refractivity contribution is 0.590. The first-order valence-electron chi connectivity index (χ1n) is 6.62. The number of aromatic nitrogens is 2. The first-order chi connectivity index (χ1) is 9.11. The summed E-state index contributed by atoms with van der Waals surface area (Å²) in [5.74, 6) is 0. The lowest BCUT2D eigenvalue weighted by Crippen LogP contribution is -2.18. The highest BCUT2D eigenvalue weighted by molar-refractivity contribution is 6.30. The SMILES string of the molecule is CCNC(C)c1cnn(Cc2ccc(Cl)cc2)c1C. The summed E-state index contributed by atoms with van der Waals surface area (Å²) in [6.45, 7) is 8.14. The lowest BCUT2D eigenvalue weighted by Gasteiger charge is -2.12. The second-order valence-corrected chi connectivity index (χ2v) is 5.19. The van der Waals surface area contributed by atoms with Crippen LogP contribution in [0, 0.1) is 6.92 Å². The molecule has 1 atom stereocenters. The van der Waals surface area contributed by atoms with Crippen LogP contribution >= 0.6 is 11.6 Å². The molecule has 0 aliphatic heterocycles. The smallest absolute Gasteiger partial charge is 0.0662 e. The molecule has 0 amide bonds. The third-order valence-electron chi connectivity index (χ3n) is 3.36. The predicted molar refractivity (Wildman–Crippen MR) is 79.6 cm³/mol. The van der Waals surface area contributed by atoms with Crippen molar-refractivity contribution >= 4 is 11.6 Å². The Morgan fingerprint density at radius 3 is 2.63 bits per heavy atom. The summed E-state index contributed by atoms with van der Waals surface area (Å²) in [4.78, 5) is 0. The van der Waals surface area contributed by atoms with Gasteiger partial charge in [0.1, 0.15) is 0 Å². The minimum Gasteiger partial charge on any atom is -0.310 e. The number of nitrogens with one attached hydrogen (secondary N) is 1. The normalized spacial score (nSPS) is 12.6. The summed E-state index contributed by atoms with van der Waals surface area (Å²) in [7, 11) is 0. The van der Waals surface area contributed by atoms with Crippen LogP contribution in [0.15, 0.2) is 30.5 Å². The van der Waals surface area contributed by atoms with Crippen molar-refractivity contribution in [1.29, 1.82) is 0 Å². The molecular formula is C15H20ClN3. The first kappa shape index (κ1) is 14.1. The molecule has 102 valence electrons. The van der Waals surface area contributed by atoms with Crippen LogP contribution in [0.25, 0.3) is 0 Å². The van der Waals surface area contributed by atoms with E-state index < -0.39 is 0 Å². The Labute approximate surface area is 119 Å². The lowest BCUT2D eigenvalue weighted by atomic mass is 10.1. The Kier molecular flexibility index (Phi) is 4.61. The number of hydrogen-bond acceptors (Lipinski definition) is 2. The van der Waals surface area contributed by atoms with Gasteiger partial charge in [-0.05, 0) is 38.1 Å². The highest BCUT2D eigenvalue weighted by Gasteiger charge is 2.12. The van der Waals surface area contributed by atoms with E-state index in [1.165, 1.54) is 16.8 Å². The number of benzene rings is 1. The zero-order chi connectivity index (χ0) is 13.8. The predicted octanol–water partition coefficient (Wildman–Crippen LogP) is 3.56. The van der Waals surface area contributed by atoms with Crippen LogP contribution in [0.4, 0.5) is 0 Å². The molecular weight excluding hydrogens is 258 g/mol. The first-order valence-corrected chi connectivity index (χ1v) is 6.99. The number of nitrogens with zero attached hydrogens (tertiary/aromatic N) is 2. The summed E-state index contributed by atoms with van der Waals surface area (Å²) in [5.41, 5.74) is 3.68. The van der Waals surface area contributed by atoms with Gasteiger partial charge in [0.05, 0.1) is 12.7 Å². The number of hydrogen-bond donors (Lipinski definition) is 1. The molecule has 3 nitrogen and oxygen atoms in total. The standard InChI is InChI=1S/C15H20ClN3/c1-4-17-11(2)15-9-18-19(12(15)3)10-13-5-7-14(16)8-6-13/h5-9,11,17H,4,10H2,1-3H3. The monoisotopic (exact) mass is 277 g/mol. The van der Waals surface area contributed by atoms with Crippen LogP contribution in [0.2, 0.25) is 5.02 Å². The van der Waals surface area contributed by atoms with Gasteiger partial charge in [-0.3, -0.25) is 4.68 Å². The molecule has 0 saturated carbocycles. The van der Waals surface area contributed by atoms with Crippen molar-refractivity contribution in [2.75, 3.05) is 6.54 Å². The van der Waals surface area contributed by atoms with Gasteiger partial charge in [-0.1, -0.05) is 30.7 Å². The molecule has 1 aromatic heterocycles. The molecule has 0 aliphatic rings. The Bertz CT molecular complexity index is 531. The summed E-state index contributed by atoms with van der Waals surface area (Å²) < 4.78 is 2.03. The Morgan fingerprint density at radius 2 is 2.00 bits per heavy atom. The Hall–Kier alpha value is -1.32. The van der Waals surface area contributed by atoms with Gasteiger partial charge in [-0.25, -0.2) is 0 Å². The van der Waals surface area contributed by atoms with Crippen molar-refractivity contribution in [2.45, 2.75) is 33.4 Å². The van der Waals surface area contributed by atoms with Gasteiger partial charge in [-0.2, -0.15) is 5.10 Å². The van der Waals surface area contributed by atoms with Crippen molar-refractivity contribution in [3.8, 4) is 0 Å². The zero-order valence-corrected chi connectivity index (χ0v) is 12.4. The van der Waals surface area contributed by atoms with Crippen molar-refractivity contribution in [2.24, 2.45) is 0 Å². The maximum atomic E-state index is 5.90. The van der Waals surface area contributed by atoms with Crippen LogP contribution in [0.5, 0.6) is 0 Å². The van der Waals surface area contributed by atoms with Gasteiger partial charge < -0.3 is 5.32 Å². The quantitative estimate of drug-likeness (QED) is 0.906. The largest absolute Gasteiger partial charge is 0.310 e. The van der Waals surface area contributed by atoms with Gasteiger partial charge >= 0.3 is 0 Å². The van der Waals surface area contributed by atoms with Crippen molar-refractivity contribution in [3.63, 3.8) is 0 Å². The number of rotatable bonds is 5. The third kappa shape index (κ3) is 3.37. The minimum atomic E-state index is 0.337. The van der Waals surface area contributed by atoms with Gasteiger partial charge in [-0.15, -0.1) is 0 Å². The molecule has 4 heteroatoms. The second kappa shape index (κ2) is 6.22. The van der Waals surface area contributed by atoms with E-state index in [0.29, 0.717) is 6.04 Å². The average molecular weight is 278 g/mol. The van der Waals surface area contributed by atoms with E-state index in [1.54, 1.807) is 0 Å². The zero-order valence-electron chi connectivity index (χ0n) is 11.7. The summed E-state index contributed by atoms with van der Waals surface area (Å²) in [5, 5.41) is 8.66. The molecule has 1 N–H and O–H groups in total. The van der Waals surface area contributed by atoms with E-state index in [0.717, 1.165) is 18.1 Å². The average Bonchev–Trinajstić information content (AvgIpc) is 2.74. The third-order valence-corrected chi connectivity index (χ3v) is 3.62. The topological polar surface area (TPSA) is 29.9 Å². The molecule has 1 aromatic carbocycles. The summed E-state index contributed by atoms with van der Waals surface area (Å²) in [6.07, 6.45) is 1.96. The molecule has 0 spiro atoms. The highest BCUT2D eigenvalue weighted by Crippen LogP contribution is 2.18. The molecule has 0 saturated heterocycles. The van der Waals surface area contributed by atoms with E-state index in [4.69, 9.17) is 11.6 Å². The van der Waals surface area contributed by atoms with E-state index in [9.17, 15) is 0 Å². The molecule has 0 aliphatic carbocycles. The molecule has 2 aromatic rings. The van der Waals surface area contributed by atoms with Crippen LogP contribution < -0.4 is 5.32 Å². The summed E-state index contributed by atoms with van der Waals surface area (Å²) in [6, 6.07) is 8.24. The maximum Gasteiger partial charge on any atom is 0.0662 e. The van der Waals surface area contributed by atoms with Gasteiger partial charge in [0, 0.05) is 22.3 Å². The van der Waals surface area contributed by atoms with Crippen LogP contribution in [-0.4, -0.2) is 16.3 Å². The van der Waals surface area contributed by atoms with E-state index in [2.05, 4.69) is 31.2 Å². The molecule has 2 rings (SSSR count). The number of halogens is 1. The minimum absolute atomic E-state index is 0.337. The van der Waals surface area contributed by atoms with Gasteiger partial charge in [0.25, 0.3) is 0 Å². The summed E-state index contributed by atoms with van der Waals surface area (Å²) >= 11 is 5.90. The maximum absolute atomic E-state index is 5.90. The van der Waals surface area contributed by atoms with Crippen molar-refractivity contribution < 1.29 is 0 Å². The molecule has 1 heterocycles. The highest BCUT2D eigenvalue weighted by atomic mass is 35.5. The van der Waals surface area contributed by atoms with E-state index in [-0.39, 0.29) is 0 Å². The van der Waals surface area contributed by atoms with Gasteiger partial charge in [0.2, 0.25) is 0 Å². The molecule has 19 heavy (non-hydrogen) atoms. The van der Waals surface area contributed by atoms with Crippen LogP contribution in [-0.2, 0) is 6.54 Å². The second-order valence-electron chi connectivity index (χ2n) is 4.75. The van der Waals surface area contributed by atoms with Crippen LogP contribution in [0.1, 0.15) is 36.7 Å². The van der Waals surface area contributed by atoms with E-state index in [1.807, 2.05) is 35.1 Å². The fourth-order valence-corrected chi connectivity index (χ4v) is 2.35. The van der Waals surface area contributed by atoms with E-state index >= 15 is 0 Å². The fraction of sp³-hybridized carbons (Fsp3) is 0.400. The Morgan fingerprint density at radius 1 is 1.32 bits per heavy atom. The molecule has 1 unspecified atom stereocenters. The molecule has 0 bridgehead atoms. The van der Waals surface area contributed by atoms with Crippen LogP contribution in [0.3, 0.4) is 0 Å².